The molecule has 6 atom stereocenters. The average molecular weight is 719 g/mol. The van der Waals surface area contributed by atoms with Gasteiger partial charge in [-0.3, -0.25) is 24.1 Å². The van der Waals surface area contributed by atoms with Gasteiger partial charge in [-0.05, 0) is 79.6 Å². The zero-order valence-corrected chi connectivity index (χ0v) is 29.3. The van der Waals surface area contributed by atoms with Crippen LogP contribution >= 0.6 is 11.6 Å². The predicted octanol–water partition coefficient (Wildman–Crippen LogP) is 7.76. The summed E-state index contributed by atoms with van der Waals surface area (Å²) < 4.78 is 20.2. The van der Waals surface area contributed by atoms with Gasteiger partial charge in [-0.1, -0.05) is 78.7 Å². The Bertz CT molecular complexity index is 2170. The summed E-state index contributed by atoms with van der Waals surface area (Å²) >= 11 is 6.12. The molecule has 4 aromatic rings. The molecule has 6 unspecified atom stereocenters. The van der Waals surface area contributed by atoms with Gasteiger partial charge in [-0.15, -0.1) is 0 Å². The number of hydrogen-bond donors (Lipinski definition) is 1. The molecule has 0 bridgehead atoms. The van der Waals surface area contributed by atoms with Crippen molar-refractivity contribution in [1.29, 1.82) is 0 Å². The molecular formula is C42H36ClFN2O6. The van der Waals surface area contributed by atoms with Crippen molar-refractivity contribution in [1.82, 2.24) is 0 Å². The molecule has 0 aromatic heterocycles. The summed E-state index contributed by atoms with van der Waals surface area (Å²) in [6.07, 6.45) is 3.14. The first-order chi connectivity index (χ1) is 25.0. The van der Waals surface area contributed by atoms with Crippen molar-refractivity contribution in [2.45, 2.75) is 45.6 Å². The maximum atomic E-state index is 14.7. The number of amides is 4. The number of phenols is 1. The minimum Gasteiger partial charge on any atom is -0.508 e. The van der Waals surface area contributed by atoms with Gasteiger partial charge in [0.1, 0.15) is 23.9 Å². The SMILES string of the molecule is CCc1ccc(N2C(=O)C3CC=C4C(CC5C(=O)N(c6ccc(F)c(Cl)c6)C(=O)C5(C)C4c4ccc(OCc5ccccc5)cc4O)C3C2=O)cc1. The second-order valence-corrected chi connectivity index (χ2v) is 14.7. The summed E-state index contributed by atoms with van der Waals surface area (Å²) in [7, 11) is 0. The lowest BCUT2D eigenvalue weighted by molar-refractivity contribution is -0.131. The third-order valence-electron chi connectivity index (χ3n) is 11.6. The minimum absolute atomic E-state index is 0.130. The summed E-state index contributed by atoms with van der Waals surface area (Å²) in [5.74, 6) is -5.81. The number of phenolic OH excluding ortho intramolecular Hbond substituents is 1. The fraction of sp³-hybridized carbons (Fsp3) is 0.286. The van der Waals surface area contributed by atoms with Crippen LogP contribution in [-0.4, -0.2) is 28.7 Å². The molecule has 8 rings (SSSR count). The number of carbonyl (C=O) groups is 4. The van der Waals surface area contributed by atoms with Crippen molar-refractivity contribution < 1.29 is 33.4 Å². The number of ether oxygens (including phenoxy) is 1. The quantitative estimate of drug-likeness (QED) is 0.155. The van der Waals surface area contributed by atoms with Crippen molar-refractivity contribution in [3.63, 3.8) is 0 Å². The van der Waals surface area contributed by atoms with Crippen LogP contribution in [0.1, 0.15) is 49.3 Å². The van der Waals surface area contributed by atoms with Gasteiger partial charge in [0.15, 0.2) is 0 Å². The van der Waals surface area contributed by atoms with E-state index < -0.39 is 52.6 Å². The standard InChI is InChI=1S/C42H36ClFN2O6/c1-3-23-9-11-25(12-10-23)45-38(48)30-17-16-28-31(36(30)40(45)50)21-32-39(49)46(26-13-18-34(44)33(43)19-26)41(51)42(32,2)37(28)29-15-14-27(20-35(29)47)52-22-24-7-5-4-6-8-24/h4-16,18-20,30-32,36-37,47H,3,17,21-22H2,1-2H3. The number of carbonyl (C=O) groups excluding carboxylic acids is 4. The van der Waals surface area contributed by atoms with Crippen molar-refractivity contribution in [3.8, 4) is 11.5 Å². The van der Waals surface area contributed by atoms with Crippen LogP contribution in [-0.2, 0) is 32.2 Å². The van der Waals surface area contributed by atoms with E-state index in [2.05, 4.69) is 0 Å². The lowest BCUT2D eigenvalue weighted by Crippen LogP contribution is -2.48. The molecule has 2 saturated heterocycles. The number of benzene rings is 4. The van der Waals surface area contributed by atoms with E-state index in [-0.39, 0.29) is 47.7 Å². The number of hydrogen-bond acceptors (Lipinski definition) is 6. The second-order valence-electron chi connectivity index (χ2n) is 14.3. The van der Waals surface area contributed by atoms with Crippen LogP contribution in [0.25, 0.3) is 0 Å². The van der Waals surface area contributed by atoms with Crippen LogP contribution in [0.4, 0.5) is 15.8 Å². The van der Waals surface area contributed by atoms with Gasteiger partial charge >= 0.3 is 0 Å². The molecular weight excluding hydrogens is 683 g/mol. The Labute approximate surface area is 305 Å². The summed E-state index contributed by atoms with van der Waals surface area (Å²) in [4.78, 5) is 59.8. The van der Waals surface area contributed by atoms with Crippen LogP contribution in [0.3, 0.4) is 0 Å². The molecule has 2 heterocycles. The summed E-state index contributed by atoms with van der Waals surface area (Å²) in [5, 5.41) is 11.4. The first-order valence-corrected chi connectivity index (χ1v) is 17.9. The number of nitrogens with zero attached hydrogens (tertiary/aromatic N) is 2. The van der Waals surface area contributed by atoms with Gasteiger partial charge in [-0.2, -0.15) is 0 Å². The molecule has 1 N–H and O–H groups in total. The molecule has 2 aliphatic carbocycles. The van der Waals surface area contributed by atoms with Crippen molar-refractivity contribution >= 4 is 46.6 Å². The highest BCUT2D eigenvalue weighted by Gasteiger charge is 2.68. The summed E-state index contributed by atoms with van der Waals surface area (Å²) in [6.45, 7) is 4.02. The van der Waals surface area contributed by atoms with E-state index in [1.165, 1.54) is 23.1 Å². The maximum Gasteiger partial charge on any atom is 0.241 e. The molecule has 0 spiro atoms. The lowest BCUT2D eigenvalue weighted by Gasteiger charge is -2.49. The molecule has 10 heteroatoms. The van der Waals surface area contributed by atoms with E-state index in [1.54, 1.807) is 31.2 Å². The van der Waals surface area contributed by atoms with Crippen LogP contribution in [0.2, 0.25) is 5.02 Å². The minimum atomic E-state index is -1.40. The van der Waals surface area contributed by atoms with Crippen LogP contribution in [0.5, 0.6) is 11.5 Å². The Kier molecular flexibility index (Phi) is 8.29. The Morgan fingerprint density at radius 2 is 1.58 bits per heavy atom. The molecule has 4 aromatic carbocycles. The van der Waals surface area contributed by atoms with E-state index in [1.807, 2.05) is 55.5 Å². The third-order valence-corrected chi connectivity index (χ3v) is 11.9. The average Bonchev–Trinajstić information content (AvgIpc) is 3.52. The number of aromatic hydroxyl groups is 1. The molecule has 4 amide bonds. The molecule has 8 nitrogen and oxygen atoms in total. The van der Waals surface area contributed by atoms with Gasteiger partial charge < -0.3 is 9.84 Å². The zero-order valence-electron chi connectivity index (χ0n) is 28.6. The van der Waals surface area contributed by atoms with Crippen LogP contribution in [0.15, 0.2) is 103 Å². The number of allylic oxidation sites excluding steroid dienone is 2. The topological polar surface area (TPSA) is 104 Å². The largest absolute Gasteiger partial charge is 0.508 e. The van der Waals surface area contributed by atoms with E-state index in [9.17, 15) is 28.7 Å². The molecule has 4 aliphatic rings. The van der Waals surface area contributed by atoms with E-state index in [4.69, 9.17) is 16.3 Å². The van der Waals surface area contributed by atoms with Crippen molar-refractivity contribution in [2.24, 2.45) is 29.1 Å². The first kappa shape index (κ1) is 33.8. The normalized spacial score (nSPS) is 26.6. The lowest BCUT2D eigenvalue weighted by atomic mass is 9.51. The number of rotatable bonds is 7. The smallest absolute Gasteiger partial charge is 0.241 e. The molecule has 3 fully saturated rings. The molecule has 2 aliphatic heterocycles. The van der Waals surface area contributed by atoms with Gasteiger partial charge in [0.05, 0.1) is 39.6 Å². The predicted molar refractivity (Wildman–Crippen MR) is 193 cm³/mol. The number of aryl methyl sites for hydroxylation is 1. The maximum absolute atomic E-state index is 14.7. The molecule has 0 radical (unpaired) electrons. The van der Waals surface area contributed by atoms with E-state index >= 15 is 0 Å². The molecule has 52 heavy (non-hydrogen) atoms. The monoisotopic (exact) mass is 718 g/mol. The summed E-state index contributed by atoms with van der Waals surface area (Å²) in [6, 6.07) is 25.6. The zero-order chi connectivity index (χ0) is 36.5. The Balaban J connectivity index is 1.21. The van der Waals surface area contributed by atoms with Gasteiger partial charge in [0, 0.05) is 17.5 Å². The molecule has 264 valence electrons. The Hall–Kier alpha value is -5.28. The Morgan fingerprint density at radius 3 is 2.27 bits per heavy atom. The number of fused-ring (bicyclic) bond motifs is 4. The highest BCUT2D eigenvalue weighted by Crippen LogP contribution is 2.64. The number of halogens is 2. The Morgan fingerprint density at radius 1 is 0.846 bits per heavy atom. The first-order valence-electron chi connectivity index (χ1n) is 17.5. The highest BCUT2D eigenvalue weighted by atomic mass is 35.5. The second kappa shape index (κ2) is 12.7. The van der Waals surface area contributed by atoms with Gasteiger partial charge in [-0.25, -0.2) is 9.29 Å². The fourth-order valence-electron chi connectivity index (χ4n) is 8.96. The number of imide groups is 2. The number of anilines is 2. The van der Waals surface area contributed by atoms with E-state index in [0.717, 1.165) is 34.1 Å². The van der Waals surface area contributed by atoms with E-state index in [0.29, 0.717) is 17.0 Å². The fourth-order valence-corrected chi connectivity index (χ4v) is 9.14. The third kappa shape index (κ3) is 5.16. The van der Waals surface area contributed by atoms with Crippen molar-refractivity contribution in [2.75, 3.05) is 9.80 Å². The molecule has 1 saturated carbocycles. The van der Waals surface area contributed by atoms with Crippen LogP contribution < -0.4 is 14.5 Å². The van der Waals surface area contributed by atoms with Crippen molar-refractivity contribution in [3.05, 3.63) is 130 Å². The summed E-state index contributed by atoms with van der Waals surface area (Å²) in [5.41, 5.74) is 2.38. The highest BCUT2D eigenvalue weighted by molar-refractivity contribution is 6.32. The van der Waals surface area contributed by atoms with Gasteiger partial charge in [0.2, 0.25) is 23.6 Å². The van der Waals surface area contributed by atoms with Crippen LogP contribution in [0, 0.1) is 34.9 Å². The van der Waals surface area contributed by atoms with Gasteiger partial charge in [0.25, 0.3) is 0 Å².